The summed E-state index contributed by atoms with van der Waals surface area (Å²) < 4.78 is 3.34. The molecule has 1 aromatic carbocycles. The van der Waals surface area contributed by atoms with Crippen molar-refractivity contribution in [1.82, 2.24) is 14.0 Å². The molecule has 0 spiro atoms. The van der Waals surface area contributed by atoms with Crippen molar-refractivity contribution in [1.29, 1.82) is 0 Å². The fraction of sp³-hybridized carbons (Fsp3) is 0. The molecule has 1 aliphatic rings. The standard InChI is InChI=1S/C6H3N3Se/c1-2-4-6-5(3-1)10-9(4)8-7-6/h1-3H. The number of hydrogen-bond acceptors (Lipinski definition) is 2. The molecule has 0 saturated heterocycles. The maximum absolute atomic E-state index is 4.02. The summed E-state index contributed by atoms with van der Waals surface area (Å²) in [6.07, 6.45) is 0. The molecule has 1 aliphatic heterocycles. The molecule has 2 heterocycles. The van der Waals surface area contributed by atoms with Crippen LogP contribution in [0.2, 0.25) is 0 Å². The van der Waals surface area contributed by atoms with E-state index >= 15 is 0 Å². The van der Waals surface area contributed by atoms with E-state index in [0.717, 1.165) is 5.52 Å². The first-order chi connectivity index (χ1) is 4.95. The Morgan fingerprint density at radius 3 is 3.20 bits per heavy atom. The van der Waals surface area contributed by atoms with Crippen molar-refractivity contribution in [3.8, 4) is 0 Å². The van der Waals surface area contributed by atoms with Gasteiger partial charge in [-0.1, -0.05) is 0 Å². The van der Waals surface area contributed by atoms with Crippen LogP contribution < -0.4 is 4.46 Å². The molecule has 10 heavy (non-hydrogen) atoms. The van der Waals surface area contributed by atoms with Gasteiger partial charge in [0, 0.05) is 0 Å². The molecule has 0 fully saturated rings. The topological polar surface area (TPSA) is 30.7 Å². The first-order valence-electron chi connectivity index (χ1n) is 2.98. The maximum atomic E-state index is 4.02. The molecule has 4 heteroatoms. The Morgan fingerprint density at radius 2 is 2.40 bits per heavy atom. The van der Waals surface area contributed by atoms with Gasteiger partial charge in [0.25, 0.3) is 0 Å². The van der Waals surface area contributed by atoms with Gasteiger partial charge >= 0.3 is 62.9 Å². The van der Waals surface area contributed by atoms with E-state index < -0.39 is 0 Å². The monoisotopic (exact) mass is 197 g/mol. The summed E-state index contributed by atoms with van der Waals surface area (Å²) >= 11 is 0.385. The molecule has 2 aromatic rings. The van der Waals surface area contributed by atoms with Crippen molar-refractivity contribution in [2.24, 2.45) is 0 Å². The van der Waals surface area contributed by atoms with Crippen LogP contribution in [0.3, 0.4) is 0 Å². The summed E-state index contributed by atoms with van der Waals surface area (Å²) in [4.78, 5) is 0. The van der Waals surface area contributed by atoms with Crippen molar-refractivity contribution < 1.29 is 0 Å². The number of hydrogen-bond donors (Lipinski definition) is 0. The average Bonchev–Trinajstić information content (AvgIpc) is 2.44. The van der Waals surface area contributed by atoms with Crippen molar-refractivity contribution >= 4 is 30.7 Å². The van der Waals surface area contributed by atoms with Gasteiger partial charge in [-0.05, 0) is 0 Å². The van der Waals surface area contributed by atoms with E-state index in [9.17, 15) is 0 Å². The van der Waals surface area contributed by atoms with E-state index in [1.54, 1.807) is 0 Å². The zero-order valence-electron chi connectivity index (χ0n) is 4.98. The molecule has 3 rings (SSSR count). The molecule has 0 atom stereocenters. The predicted molar refractivity (Wildman–Crippen MR) is 38.3 cm³/mol. The van der Waals surface area contributed by atoms with E-state index in [4.69, 9.17) is 0 Å². The normalized spacial score (nSPS) is 13.6. The van der Waals surface area contributed by atoms with Gasteiger partial charge in [-0.25, -0.2) is 0 Å². The molecular weight excluding hydrogens is 193 g/mol. The molecule has 0 saturated carbocycles. The van der Waals surface area contributed by atoms with Crippen molar-refractivity contribution in [3.63, 3.8) is 0 Å². The first kappa shape index (κ1) is 4.88. The van der Waals surface area contributed by atoms with Crippen LogP contribution in [0.15, 0.2) is 18.2 Å². The van der Waals surface area contributed by atoms with Crippen LogP contribution in [0.1, 0.15) is 0 Å². The number of aromatic nitrogens is 3. The fourth-order valence-electron chi connectivity index (χ4n) is 1.13. The molecule has 4 bridgehead atoms. The van der Waals surface area contributed by atoms with Crippen LogP contribution in [-0.2, 0) is 0 Å². The first-order valence-corrected chi connectivity index (χ1v) is 4.60. The van der Waals surface area contributed by atoms with E-state index in [-0.39, 0.29) is 0 Å². The molecule has 0 unspecified atom stereocenters. The second kappa shape index (κ2) is 1.41. The number of nitrogens with zero attached hydrogens (tertiary/aromatic N) is 3. The van der Waals surface area contributed by atoms with E-state index in [2.05, 4.69) is 28.5 Å². The second-order valence-electron chi connectivity index (χ2n) is 2.18. The Labute approximate surface area is 63.4 Å². The Hall–Kier alpha value is -0.861. The molecule has 0 N–H and O–H groups in total. The van der Waals surface area contributed by atoms with Crippen LogP contribution in [0.25, 0.3) is 11.0 Å². The summed E-state index contributed by atoms with van der Waals surface area (Å²) in [6.45, 7) is 0. The van der Waals surface area contributed by atoms with Gasteiger partial charge in [-0.2, -0.15) is 0 Å². The minimum atomic E-state index is 0.385. The molecule has 48 valence electrons. The SMILES string of the molecule is c1cc2c3nnn(c3c1)[Se]2. The third kappa shape index (κ3) is 0.394. The summed E-state index contributed by atoms with van der Waals surface area (Å²) in [7, 11) is 0. The van der Waals surface area contributed by atoms with Crippen molar-refractivity contribution in [2.45, 2.75) is 0 Å². The van der Waals surface area contributed by atoms with Gasteiger partial charge in [0.05, 0.1) is 0 Å². The van der Waals surface area contributed by atoms with Gasteiger partial charge in [0.2, 0.25) is 0 Å². The van der Waals surface area contributed by atoms with Crippen molar-refractivity contribution in [3.05, 3.63) is 18.2 Å². The number of benzene rings is 1. The molecule has 0 radical (unpaired) electrons. The molecular formula is C6H3N3Se. The quantitative estimate of drug-likeness (QED) is 0.455. The summed E-state index contributed by atoms with van der Waals surface area (Å²) in [5, 5.41) is 7.98. The third-order valence-corrected chi connectivity index (χ3v) is 3.63. The van der Waals surface area contributed by atoms with Crippen LogP contribution in [0, 0.1) is 0 Å². The average molecular weight is 196 g/mol. The fourth-order valence-corrected chi connectivity index (χ4v) is 2.97. The second-order valence-corrected chi connectivity index (χ2v) is 4.21. The summed E-state index contributed by atoms with van der Waals surface area (Å²) in [6, 6.07) is 6.25. The zero-order chi connectivity index (χ0) is 6.55. The Kier molecular flexibility index (Phi) is 0.689. The summed E-state index contributed by atoms with van der Waals surface area (Å²) in [5.74, 6) is 0. The van der Waals surface area contributed by atoms with Gasteiger partial charge < -0.3 is 0 Å². The van der Waals surface area contributed by atoms with E-state index in [1.165, 1.54) is 9.98 Å². The predicted octanol–water partition coefficient (Wildman–Crippen LogP) is -0.463. The minimum absolute atomic E-state index is 0.385. The molecule has 3 nitrogen and oxygen atoms in total. The Bertz CT molecular complexity index is 406. The summed E-state index contributed by atoms with van der Waals surface area (Å²) in [5.41, 5.74) is 2.29. The van der Waals surface area contributed by atoms with E-state index in [0.29, 0.717) is 15.2 Å². The van der Waals surface area contributed by atoms with Crippen LogP contribution in [0.4, 0.5) is 0 Å². The van der Waals surface area contributed by atoms with E-state index in [1.807, 2.05) is 3.70 Å². The van der Waals surface area contributed by atoms with Crippen LogP contribution >= 0.6 is 0 Å². The number of rotatable bonds is 0. The van der Waals surface area contributed by atoms with Crippen LogP contribution in [-0.4, -0.2) is 29.2 Å². The Balaban J connectivity index is 2.73. The van der Waals surface area contributed by atoms with Crippen molar-refractivity contribution in [2.75, 3.05) is 0 Å². The van der Waals surface area contributed by atoms with Gasteiger partial charge in [-0.3, -0.25) is 0 Å². The molecule has 1 aromatic heterocycles. The van der Waals surface area contributed by atoms with Gasteiger partial charge in [-0.15, -0.1) is 0 Å². The zero-order valence-corrected chi connectivity index (χ0v) is 6.70. The van der Waals surface area contributed by atoms with Gasteiger partial charge in [0.1, 0.15) is 0 Å². The molecule has 0 aliphatic carbocycles. The third-order valence-electron chi connectivity index (χ3n) is 1.59. The van der Waals surface area contributed by atoms with Gasteiger partial charge in [0.15, 0.2) is 0 Å². The Morgan fingerprint density at radius 1 is 1.40 bits per heavy atom. The van der Waals surface area contributed by atoms with Crippen LogP contribution in [0.5, 0.6) is 0 Å². The molecule has 0 amide bonds.